The van der Waals surface area contributed by atoms with Crippen LogP contribution >= 0.6 is 0 Å². The van der Waals surface area contributed by atoms with Crippen LogP contribution in [0.15, 0.2) is 35.4 Å². The number of rotatable bonds is 3. The molecule has 2 heterocycles. The smallest absolute Gasteiger partial charge is 0.308 e. The van der Waals surface area contributed by atoms with Crippen LogP contribution in [0.4, 0.5) is 5.69 Å². The highest BCUT2D eigenvalue weighted by Gasteiger charge is 2.34. The average molecular weight is 315 g/mol. The summed E-state index contributed by atoms with van der Waals surface area (Å²) in [4.78, 5) is 37.1. The zero-order valence-electron chi connectivity index (χ0n) is 12.5. The summed E-state index contributed by atoms with van der Waals surface area (Å²) >= 11 is 0. The molecule has 0 saturated carbocycles. The molecule has 23 heavy (non-hydrogen) atoms. The number of carboxylic acids is 1. The standard InChI is InChI=1S/C16H17N3O4/c20-14-7-6-13(17-19(14)12-4-2-1-3-5-12)15(21)18-9-8-11(10-18)16(22)23/h1-5,11H,6-10H2,(H,22,23). The molecule has 120 valence electrons. The molecule has 1 aromatic carbocycles. The van der Waals surface area contributed by atoms with E-state index in [4.69, 9.17) is 5.11 Å². The van der Waals surface area contributed by atoms with Gasteiger partial charge in [0, 0.05) is 25.9 Å². The molecule has 1 saturated heterocycles. The van der Waals surface area contributed by atoms with Gasteiger partial charge in [0.25, 0.3) is 5.91 Å². The quantitative estimate of drug-likeness (QED) is 0.904. The Kier molecular flexibility index (Phi) is 4.10. The minimum Gasteiger partial charge on any atom is -0.481 e. The summed E-state index contributed by atoms with van der Waals surface area (Å²) in [6.45, 7) is 0.612. The van der Waals surface area contributed by atoms with E-state index >= 15 is 0 Å². The fraction of sp³-hybridized carbons (Fsp3) is 0.375. The van der Waals surface area contributed by atoms with Gasteiger partial charge >= 0.3 is 5.97 Å². The summed E-state index contributed by atoms with van der Waals surface area (Å²) in [5.74, 6) is -1.83. The Morgan fingerprint density at radius 3 is 2.57 bits per heavy atom. The van der Waals surface area contributed by atoms with E-state index in [1.807, 2.05) is 6.07 Å². The van der Waals surface area contributed by atoms with Crippen molar-refractivity contribution in [1.82, 2.24) is 4.90 Å². The van der Waals surface area contributed by atoms with E-state index in [1.165, 1.54) is 9.91 Å². The minimum atomic E-state index is -0.882. The highest BCUT2D eigenvalue weighted by Crippen LogP contribution is 2.22. The van der Waals surface area contributed by atoms with Gasteiger partial charge in [-0.05, 0) is 18.6 Å². The summed E-state index contributed by atoms with van der Waals surface area (Å²) in [5.41, 5.74) is 0.923. The Morgan fingerprint density at radius 1 is 1.17 bits per heavy atom. The van der Waals surface area contributed by atoms with Gasteiger partial charge in [-0.1, -0.05) is 18.2 Å². The predicted molar refractivity (Wildman–Crippen MR) is 82.9 cm³/mol. The molecule has 7 nitrogen and oxygen atoms in total. The molecule has 0 aliphatic carbocycles. The summed E-state index contributed by atoms with van der Waals surface area (Å²) in [6, 6.07) is 8.94. The third kappa shape index (κ3) is 3.08. The highest BCUT2D eigenvalue weighted by atomic mass is 16.4. The van der Waals surface area contributed by atoms with E-state index in [1.54, 1.807) is 24.3 Å². The van der Waals surface area contributed by atoms with E-state index < -0.39 is 11.9 Å². The molecule has 0 bridgehead atoms. The molecule has 1 aromatic rings. The van der Waals surface area contributed by atoms with Crippen molar-refractivity contribution in [3.63, 3.8) is 0 Å². The molecule has 1 atom stereocenters. The van der Waals surface area contributed by atoms with Crippen LogP contribution < -0.4 is 5.01 Å². The van der Waals surface area contributed by atoms with Gasteiger partial charge in [0.15, 0.2) is 0 Å². The van der Waals surface area contributed by atoms with Gasteiger partial charge in [-0.15, -0.1) is 0 Å². The third-order valence-corrected chi connectivity index (χ3v) is 4.10. The number of anilines is 1. The number of nitrogens with zero attached hydrogens (tertiary/aromatic N) is 3. The first-order chi connectivity index (χ1) is 11.1. The van der Waals surface area contributed by atoms with Gasteiger partial charge < -0.3 is 10.0 Å². The summed E-state index contributed by atoms with van der Waals surface area (Å²) in [6.07, 6.45) is 0.959. The average Bonchev–Trinajstić information content (AvgIpc) is 3.06. The Balaban J connectivity index is 1.78. The molecule has 1 unspecified atom stereocenters. The second-order valence-corrected chi connectivity index (χ2v) is 5.66. The Hall–Kier alpha value is -2.70. The number of carboxylic acid groups (broad SMARTS) is 1. The van der Waals surface area contributed by atoms with Crippen molar-refractivity contribution in [3.05, 3.63) is 30.3 Å². The molecule has 2 aliphatic heterocycles. The molecule has 7 heteroatoms. The zero-order valence-corrected chi connectivity index (χ0v) is 12.5. The van der Waals surface area contributed by atoms with Crippen LogP contribution in [-0.4, -0.2) is 46.6 Å². The summed E-state index contributed by atoms with van der Waals surface area (Å²) in [5, 5.41) is 14.5. The topological polar surface area (TPSA) is 90.3 Å². The predicted octanol–water partition coefficient (Wildman–Crippen LogP) is 1.10. The molecule has 0 aromatic heterocycles. The molecule has 0 spiro atoms. The van der Waals surface area contributed by atoms with E-state index in [0.717, 1.165) is 0 Å². The normalized spacial score (nSPS) is 21.3. The number of likely N-dealkylation sites (tertiary alicyclic amines) is 1. The van der Waals surface area contributed by atoms with Gasteiger partial charge in [-0.3, -0.25) is 14.4 Å². The molecule has 2 aliphatic rings. The number of hydrogen-bond acceptors (Lipinski definition) is 4. The SMILES string of the molecule is O=C(O)C1CCN(C(=O)C2=NN(c3ccccc3)C(=O)CC2)C1. The number of para-hydroxylation sites is 1. The zero-order chi connectivity index (χ0) is 16.4. The monoisotopic (exact) mass is 315 g/mol. The van der Waals surface area contributed by atoms with Gasteiger partial charge in [-0.2, -0.15) is 5.10 Å². The number of aliphatic carboxylic acids is 1. The summed E-state index contributed by atoms with van der Waals surface area (Å²) in [7, 11) is 0. The highest BCUT2D eigenvalue weighted by molar-refractivity contribution is 6.40. The Labute approximate surface area is 133 Å². The van der Waals surface area contributed by atoms with E-state index in [-0.39, 0.29) is 31.2 Å². The molecule has 3 rings (SSSR count). The minimum absolute atomic E-state index is 0.155. The van der Waals surface area contributed by atoms with Crippen LogP contribution in [-0.2, 0) is 14.4 Å². The number of hydrazone groups is 1. The lowest BCUT2D eigenvalue weighted by Crippen LogP contribution is -2.41. The van der Waals surface area contributed by atoms with Crippen molar-refractivity contribution in [1.29, 1.82) is 0 Å². The lowest BCUT2D eigenvalue weighted by molar-refractivity contribution is -0.141. The number of amides is 2. The Morgan fingerprint density at radius 2 is 1.91 bits per heavy atom. The van der Waals surface area contributed by atoms with Gasteiger partial charge in [0.2, 0.25) is 5.91 Å². The van der Waals surface area contributed by atoms with Crippen molar-refractivity contribution >= 4 is 29.2 Å². The third-order valence-electron chi connectivity index (χ3n) is 4.10. The van der Waals surface area contributed by atoms with Crippen molar-refractivity contribution in [2.75, 3.05) is 18.1 Å². The number of benzene rings is 1. The first-order valence-corrected chi connectivity index (χ1v) is 7.54. The first-order valence-electron chi connectivity index (χ1n) is 7.54. The first kappa shape index (κ1) is 15.2. The van der Waals surface area contributed by atoms with E-state index in [2.05, 4.69) is 5.10 Å². The number of carbonyl (C=O) groups is 3. The van der Waals surface area contributed by atoms with Crippen LogP contribution in [0.25, 0.3) is 0 Å². The second kappa shape index (κ2) is 6.20. The maximum Gasteiger partial charge on any atom is 0.308 e. The second-order valence-electron chi connectivity index (χ2n) is 5.66. The van der Waals surface area contributed by atoms with Crippen LogP contribution in [0, 0.1) is 5.92 Å². The lowest BCUT2D eigenvalue weighted by Gasteiger charge is -2.25. The number of hydrogen-bond donors (Lipinski definition) is 1. The fourth-order valence-electron chi connectivity index (χ4n) is 2.81. The van der Waals surface area contributed by atoms with Crippen molar-refractivity contribution in [2.45, 2.75) is 19.3 Å². The molecule has 1 fully saturated rings. The molecule has 1 N–H and O–H groups in total. The van der Waals surface area contributed by atoms with Crippen LogP contribution in [0.1, 0.15) is 19.3 Å². The van der Waals surface area contributed by atoms with E-state index in [9.17, 15) is 14.4 Å². The van der Waals surface area contributed by atoms with Crippen molar-refractivity contribution < 1.29 is 19.5 Å². The largest absolute Gasteiger partial charge is 0.481 e. The summed E-state index contributed by atoms with van der Waals surface area (Å²) < 4.78 is 0. The van der Waals surface area contributed by atoms with Crippen LogP contribution in [0.3, 0.4) is 0 Å². The van der Waals surface area contributed by atoms with Crippen LogP contribution in [0.2, 0.25) is 0 Å². The van der Waals surface area contributed by atoms with Gasteiger partial charge in [-0.25, -0.2) is 5.01 Å². The van der Waals surface area contributed by atoms with Gasteiger partial charge in [0.1, 0.15) is 5.71 Å². The number of carbonyl (C=O) groups excluding carboxylic acids is 2. The molecular weight excluding hydrogens is 298 g/mol. The van der Waals surface area contributed by atoms with Crippen molar-refractivity contribution in [3.8, 4) is 0 Å². The van der Waals surface area contributed by atoms with Gasteiger partial charge in [0.05, 0.1) is 11.6 Å². The fourth-order valence-corrected chi connectivity index (χ4v) is 2.81. The lowest BCUT2D eigenvalue weighted by atomic mass is 10.1. The van der Waals surface area contributed by atoms with E-state index in [0.29, 0.717) is 24.4 Å². The van der Waals surface area contributed by atoms with Crippen LogP contribution in [0.5, 0.6) is 0 Å². The molecular formula is C16H17N3O4. The maximum atomic E-state index is 12.5. The maximum absolute atomic E-state index is 12.5. The molecule has 2 amide bonds. The van der Waals surface area contributed by atoms with Crippen molar-refractivity contribution in [2.24, 2.45) is 11.0 Å². The molecule has 0 radical (unpaired) electrons. The Bertz CT molecular complexity index is 671.